The van der Waals surface area contributed by atoms with E-state index in [9.17, 15) is 9.18 Å². The molecule has 2 heterocycles. The topological polar surface area (TPSA) is 59.2 Å². The van der Waals surface area contributed by atoms with Crippen LogP contribution < -0.4 is 0 Å². The molecule has 0 spiro atoms. The highest BCUT2D eigenvalue weighted by Gasteiger charge is 2.24. The van der Waals surface area contributed by atoms with Crippen LogP contribution in [0.1, 0.15) is 35.2 Å². The molecule has 126 valence electrons. The molecule has 0 bridgehead atoms. The Morgan fingerprint density at radius 3 is 2.83 bits per heavy atom. The summed E-state index contributed by atoms with van der Waals surface area (Å²) in [5.74, 6) is 0.251. The van der Waals surface area contributed by atoms with Gasteiger partial charge in [-0.1, -0.05) is 29.7 Å². The quantitative estimate of drug-likeness (QED) is 0.674. The maximum atomic E-state index is 14.0. The summed E-state index contributed by atoms with van der Waals surface area (Å²) in [6.45, 7) is 4.39. The molecule has 8 heteroatoms. The Bertz CT molecular complexity index is 893. The number of hydrogen-bond donors (Lipinski definition) is 0. The molecular formula is C16H15ClFN3O2S. The molecular weight excluding hydrogens is 353 g/mol. The van der Waals surface area contributed by atoms with Gasteiger partial charge in [-0.3, -0.25) is 4.79 Å². The number of carbonyl (C=O) groups excluding carboxylic acids is 1. The lowest BCUT2D eigenvalue weighted by atomic mass is 10.2. The van der Waals surface area contributed by atoms with E-state index in [1.165, 1.54) is 17.4 Å². The van der Waals surface area contributed by atoms with Crippen molar-refractivity contribution in [2.45, 2.75) is 26.8 Å². The number of amides is 1. The average molecular weight is 368 g/mol. The van der Waals surface area contributed by atoms with Crippen LogP contribution in [0.15, 0.2) is 22.7 Å². The maximum Gasteiger partial charge on any atom is 0.265 e. The summed E-state index contributed by atoms with van der Waals surface area (Å²) in [4.78, 5) is 18.9. The molecule has 0 aliphatic rings. The van der Waals surface area contributed by atoms with Crippen LogP contribution in [0.4, 0.5) is 4.39 Å². The molecule has 0 saturated carbocycles. The van der Waals surface area contributed by atoms with Crippen LogP contribution >= 0.6 is 22.9 Å². The van der Waals surface area contributed by atoms with Gasteiger partial charge in [-0.15, -0.1) is 11.3 Å². The van der Waals surface area contributed by atoms with E-state index in [2.05, 4.69) is 10.1 Å². The molecule has 0 saturated heterocycles. The molecule has 0 unspecified atom stereocenters. The first-order valence-corrected chi connectivity index (χ1v) is 8.71. The second kappa shape index (κ2) is 6.86. The highest BCUT2D eigenvalue weighted by molar-refractivity contribution is 7.21. The van der Waals surface area contributed by atoms with Gasteiger partial charge in [0.2, 0.25) is 5.89 Å². The van der Waals surface area contributed by atoms with E-state index in [1.54, 1.807) is 17.0 Å². The van der Waals surface area contributed by atoms with Crippen molar-refractivity contribution in [2.75, 3.05) is 6.54 Å². The summed E-state index contributed by atoms with van der Waals surface area (Å²) in [6.07, 6.45) is 0.658. The second-order valence-corrected chi connectivity index (χ2v) is 6.57. The number of benzene rings is 1. The minimum absolute atomic E-state index is 0.149. The Hall–Kier alpha value is -1.99. The number of hydrogen-bond acceptors (Lipinski definition) is 5. The summed E-state index contributed by atoms with van der Waals surface area (Å²) >= 11 is 7.44. The first-order chi connectivity index (χ1) is 11.5. The summed E-state index contributed by atoms with van der Waals surface area (Å²) in [6, 6.07) is 4.67. The number of aromatic nitrogens is 2. The van der Waals surface area contributed by atoms with E-state index in [0.717, 1.165) is 0 Å². The van der Waals surface area contributed by atoms with Crippen molar-refractivity contribution in [3.05, 3.63) is 45.6 Å². The van der Waals surface area contributed by atoms with Crippen LogP contribution in [0.2, 0.25) is 5.02 Å². The predicted molar refractivity (Wildman–Crippen MR) is 90.9 cm³/mol. The molecule has 2 aromatic heterocycles. The smallest absolute Gasteiger partial charge is 0.265 e. The predicted octanol–water partition coefficient (Wildman–Crippen LogP) is 4.30. The van der Waals surface area contributed by atoms with Gasteiger partial charge in [0.25, 0.3) is 5.91 Å². The Labute approximate surface area is 147 Å². The monoisotopic (exact) mass is 367 g/mol. The normalized spacial score (nSPS) is 11.2. The largest absolute Gasteiger partial charge is 0.337 e. The molecule has 0 atom stereocenters. The number of halogens is 2. The SMILES string of the molecule is CCc1noc(CN(CC)C(=O)c2sc3cccc(F)c3c2Cl)n1. The number of fused-ring (bicyclic) bond motifs is 1. The summed E-state index contributed by atoms with van der Waals surface area (Å²) < 4.78 is 19.7. The number of aryl methyl sites for hydroxylation is 1. The minimum Gasteiger partial charge on any atom is -0.337 e. The third kappa shape index (κ3) is 3.01. The lowest BCUT2D eigenvalue weighted by Crippen LogP contribution is -2.30. The van der Waals surface area contributed by atoms with Crippen molar-refractivity contribution >= 4 is 38.9 Å². The van der Waals surface area contributed by atoms with Gasteiger partial charge in [0.1, 0.15) is 17.2 Å². The van der Waals surface area contributed by atoms with E-state index in [-0.39, 0.29) is 22.9 Å². The Balaban J connectivity index is 1.91. The van der Waals surface area contributed by atoms with E-state index >= 15 is 0 Å². The summed E-state index contributed by atoms with van der Waals surface area (Å²) in [5, 5.41) is 4.26. The van der Waals surface area contributed by atoms with Crippen molar-refractivity contribution in [1.29, 1.82) is 0 Å². The number of thiophene rings is 1. The zero-order valence-electron chi connectivity index (χ0n) is 13.2. The van der Waals surface area contributed by atoms with Gasteiger partial charge in [-0.25, -0.2) is 4.39 Å². The van der Waals surface area contributed by atoms with Crippen LogP contribution in [0.25, 0.3) is 10.1 Å². The fourth-order valence-electron chi connectivity index (χ4n) is 2.34. The Morgan fingerprint density at radius 1 is 1.42 bits per heavy atom. The van der Waals surface area contributed by atoms with Gasteiger partial charge < -0.3 is 9.42 Å². The highest BCUT2D eigenvalue weighted by Crippen LogP contribution is 2.37. The zero-order valence-corrected chi connectivity index (χ0v) is 14.7. The van der Waals surface area contributed by atoms with Crippen molar-refractivity contribution in [2.24, 2.45) is 0 Å². The molecule has 0 radical (unpaired) electrons. The van der Waals surface area contributed by atoms with Crippen LogP contribution in [0.5, 0.6) is 0 Å². The van der Waals surface area contributed by atoms with E-state index in [0.29, 0.717) is 34.3 Å². The van der Waals surface area contributed by atoms with Crippen molar-refractivity contribution < 1.29 is 13.7 Å². The van der Waals surface area contributed by atoms with Crippen molar-refractivity contribution in [3.8, 4) is 0 Å². The van der Waals surface area contributed by atoms with Gasteiger partial charge in [-0.2, -0.15) is 4.98 Å². The van der Waals surface area contributed by atoms with E-state index < -0.39 is 5.82 Å². The Morgan fingerprint density at radius 2 is 2.21 bits per heavy atom. The third-order valence-electron chi connectivity index (χ3n) is 3.62. The molecule has 3 rings (SSSR count). The van der Waals surface area contributed by atoms with E-state index in [4.69, 9.17) is 16.1 Å². The fourth-order valence-corrected chi connectivity index (χ4v) is 3.86. The average Bonchev–Trinajstić information content (AvgIpc) is 3.17. The number of carbonyl (C=O) groups is 1. The molecule has 0 aliphatic heterocycles. The minimum atomic E-state index is -0.430. The fraction of sp³-hybridized carbons (Fsp3) is 0.312. The molecule has 0 aliphatic carbocycles. The first kappa shape index (κ1) is 16.9. The van der Waals surface area contributed by atoms with Gasteiger partial charge in [0.15, 0.2) is 5.82 Å². The lowest BCUT2D eigenvalue weighted by molar-refractivity contribution is 0.0739. The van der Waals surface area contributed by atoms with Crippen molar-refractivity contribution in [3.63, 3.8) is 0 Å². The molecule has 1 amide bonds. The van der Waals surface area contributed by atoms with Crippen LogP contribution in [-0.2, 0) is 13.0 Å². The summed E-state index contributed by atoms with van der Waals surface area (Å²) in [5.41, 5.74) is 0. The highest BCUT2D eigenvalue weighted by atomic mass is 35.5. The standard InChI is InChI=1S/C16H15ClFN3O2S/c1-3-11-19-12(23-20-11)8-21(4-2)16(22)15-14(17)13-9(18)6-5-7-10(13)24-15/h5-7H,3-4,8H2,1-2H3. The van der Waals surface area contributed by atoms with Gasteiger partial charge in [0, 0.05) is 23.1 Å². The third-order valence-corrected chi connectivity index (χ3v) is 5.25. The number of rotatable bonds is 5. The van der Waals surface area contributed by atoms with Gasteiger partial charge in [0.05, 0.1) is 5.02 Å². The second-order valence-electron chi connectivity index (χ2n) is 5.14. The molecule has 1 aromatic carbocycles. The maximum absolute atomic E-state index is 14.0. The van der Waals surface area contributed by atoms with E-state index in [1.807, 2.05) is 13.8 Å². The van der Waals surface area contributed by atoms with Gasteiger partial charge >= 0.3 is 0 Å². The molecule has 0 N–H and O–H groups in total. The number of nitrogens with zero attached hydrogens (tertiary/aromatic N) is 3. The van der Waals surface area contributed by atoms with Crippen molar-refractivity contribution in [1.82, 2.24) is 15.0 Å². The zero-order chi connectivity index (χ0) is 17.3. The van der Waals surface area contributed by atoms with Crippen LogP contribution in [0, 0.1) is 5.82 Å². The lowest BCUT2D eigenvalue weighted by Gasteiger charge is -2.18. The van der Waals surface area contributed by atoms with Gasteiger partial charge in [-0.05, 0) is 19.1 Å². The molecule has 3 aromatic rings. The van der Waals surface area contributed by atoms with Crippen LogP contribution in [0.3, 0.4) is 0 Å². The first-order valence-electron chi connectivity index (χ1n) is 7.52. The summed E-state index contributed by atoms with van der Waals surface area (Å²) in [7, 11) is 0. The Kier molecular flexibility index (Phi) is 4.82. The molecule has 24 heavy (non-hydrogen) atoms. The molecule has 5 nitrogen and oxygen atoms in total. The molecule has 0 fully saturated rings. The van der Waals surface area contributed by atoms with Crippen LogP contribution in [-0.4, -0.2) is 27.5 Å².